The van der Waals surface area contributed by atoms with E-state index in [1.807, 2.05) is 54.7 Å². The van der Waals surface area contributed by atoms with Crippen LogP contribution in [0.2, 0.25) is 5.02 Å². The molecule has 1 aliphatic rings. The first-order valence-electron chi connectivity index (χ1n) is 8.74. The van der Waals surface area contributed by atoms with Crippen LogP contribution >= 0.6 is 27.5 Å². The standard InChI is InChI=1S/C21H18BrClN4/c1-2-27-13-15(19-17(22)9-6-10-18(19)23)11-14-12-24-21(26-20(14)27)25-16-7-4-3-5-8-16/h3-12H,2,13H2,1H3,(H,24,25,26). The van der Waals surface area contributed by atoms with Crippen molar-refractivity contribution in [1.29, 1.82) is 0 Å². The zero-order chi connectivity index (χ0) is 18.8. The highest BCUT2D eigenvalue weighted by molar-refractivity contribution is 9.10. The molecule has 4 rings (SSSR count). The van der Waals surface area contributed by atoms with Crippen molar-refractivity contribution in [2.24, 2.45) is 0 Å². The minimum absolute atomic E-state index is 0.592. The van der Waals surface area contributed by atoms with Gasteiger partial charge < -0.3 is 10.2 Å². The number of fused-ring (bicyclic) bond motifs is 1. The van der Waals surface area contributed by atoms with Crippen LogP contribution in [0.15, 0.2) is 59.2 Å². The fraction of sp³-hybridized carbons (Fsp3) is 0.143. The highest BCUT2D eigenvalue weighted by atomic mass is 79.9. The van der Waals surface area contributed by atoms with Gasteiger partial charge in [0.25, 0.3) is 0 Å². The number of likely N-dealkylation sites (N-methyl/N-ethyl adjacent to an activating group) is 1. The van der Waals surface area contributed by atoms with Crippen molar-refractivity contribution in [1.82, 2.24) is 9.97 Å². The predicted molar refractivity (Wildman–Crippen MR) is 117 cm³/mol. The molecule has 0 atom stereocenters. The van der Waals surface area contributed by atoms with Crippen molar-refractivity contribution < 1.29 is 0 Å². The van der Waals surface area contributed by atoms with E-state index in [4.69, 9.17) is 16.6 Å². The highest BCUT2D eigenvalue weighted by Crippen LogP contribution is 2.37. The maximum Gasteiger partial charge on any atom is 0.229 e. The van der Waals surface area contributed by atoms with Gasteiger partial charge in [-0.2, -0.15) is 4.98 Å². The second-order valence-electron chi connectivity index (χ2n) is 6.24. The molecule has 2 heterocycles. The molecular formula is C21H18BrClN4. The maximum absolute atomic E-state index is 6.47. The maximum atomic E-state index is 6.47. The number of nitrogens with one attached hydrogen (secondary N) is 1. The van der Waals surface area contributed by atoms with E-state index in [2.05, 4.69) is 44.1 Å². The SMILES string of the molecule is CCN1CC(c2c(Cl)cccc2Br)=Cc2cnc(Nc3ccccc3)nc21. The zero-order valence-corrected chi connectivity index (χ0v) is 17.1. The third kappa shape index (κ3) is 3.70. The number of hydrogen-bond acceptors (Lipinski definition) is 4. The van der Waals surface area contributed by atoms with Crippen LogP contribution in [-0.4, -0.2) is 23.1 Å². The van der Waals surface area contributed by atoms with Crippen molar-refractivity contribution in [2.75, 3.05) is 23.3 Å². The second kappa shape index (κ2) is 7.71. The Labute approximate surface area is 172 Å². The number of para-hydroxylation sites is 1. The lowest BCUT2D eigenvalue weighted by Gasteiger charge is -2.30. The van der Waals surface area contributed by atoms with Crippen LogP contribution in [0.1, 0.15) is 18.1 Å². The third-order valence-corrected chi connectivity index (χ3v) is 5.46. The van der Waals surface area contributed by atoms with E-state index in [1.54, 1.807) is 0 Å². The largest absolute Gasteiger partial charge is 0.352 e. The fourth-order valence-electron chi connectivity index (χ4n) is 3.18. The molecule has 136 valence electrons. The minimum atomic E-state index is 0.592. The lowest BCUT2D eigenvalue weighted by molar-refractivity contribution is 0.876. The summed E-state index contributed by atoms with van der Waals surface area (Å²) in [6, 6.07) is 15.8. The Morgan fingerprint density at radius 3 is 2.70 bits per heavy atom. The van der Waals surface area contributed by atoms with Crippen LogP contribution in [0.3, 0.4) is 0 Å². The topological polar surface area (TPSA) is 41.1 Å². The summed E-state index contributed by atoms with van der Waals surface area (Å²) in [7, 11) is 0. The molecule has 1 aliphatic heterocycles. The Morgan fingerprint density at radius 1 is 1.15 bits per heavy atom. The average Bonchev–Trinajstić information content (AvgIpc) is 2.68. The molecule has 1 aromatic heterocycles. The van der Waals surface area contributed by atoms with Crippen molar-refractivity contribution in [3.8, 4) is 0 Å². The summed E-state index contributed by atoms with van der Waals surface area (Å²) in [5.74, 6) is 1.52. The lowest BCUT2D eigenvalue weighted by atomic mass is 9.99. The predicted octanol–water partition coefficient (Wildman–Crippen LogP) is 6.02. The van der Waals surface area contributed by atoms with Crippen LogP contribution in [-0.2, 0) is 0 Å². The number of nitrogens with zero attached hydrogens (tertiary/aromatic N) is 3. The van der Waals surface area contributed by atoms with Crippen molar-refractivity contribution >= 4 is 56.6 Å². The second-order valence-corrected chi connectivity index (χ2v) is 7.51. The highest BCUT2D eigenvalue weighted by Gasteiger charge is 2.22. The summed E-state index contributed by atoms with van der Waals surface area (Å²) in [5, 5.41) is 4.00. The van der Waals surface area contributed by atoms with Crippen molar-refractivity contribution in [2.45, 2.75) is 6.92 Å². The molecule has 0 amide bonds. The summed E-state index contributed by atoms with van der Waals surface area (Å²) in [5.41, 5.74) is 4.13. The summed E-state index contributed by atoms with van der Waals surface area (Å²) in [4.78, 5) is 11.5. The monoisotopic (exact) mass is 440 g/mol. The van der Waals surface area contributed by atoms with Gasteiger partial charge in [-0.05, 0) is 42.8 Å². The van der Waals surface area contributed by atoms with Crippen LogP contribution in [0.4, 0.5) is 17.5 Å². The molecule has 0 aliphatic carbocycles. The van der Waals surface area contributed by atoms with E-state index >= 15 is 0 Å². The Hall–Kier alpha value is -2.37. The third-order valence-electron chi connectivity index (χ3n) is 4.48. The van der Waals surface area contributed by atoms with E-state index in [0.29, 0.717) is 5.95 Å². The Bertz CT molecular complexity index is 984. The van der Waals surface area contributed by atoms with Gasteiger partial charge in [-0.3, -0.25) is 0 Å². The smallest absolute Gasteiger partial charge is 0.229 e. The quantitative estimate of drug-likeness (QED) is 0.538. The molecule has 0 saturated heterocycles. The number of halogens is 2. The van der Waals surface area contributed by atoms with Gasteiger partial charge in [0, 0.05) is 45.6 Å². The van der Waals surface area contributed by atoms with Crippen LogP contribution in [0, 0.1) is 0 Å². The Kier molecular flexibility index (Phi) is 5.14. The summed E-state index contributed by atoms with van der Waals surface area (Å²) in [6.45, 7) is 3.71. The molecule has 27 heavy (non-hydrogen) atoms. The van der Waals surface area contributed by atoms with E-state index in [-0.39, 0.29) is 0 Å². The van der Waals surface area contributed by atoms with E-state index in [0.717, 1.165) is 50.8 Å². The fourth-order valence-corrected chi connectivity index (χ4v) is 4.21. The lowest BCUT2D eigenvalue weighted by Crippen LogP contribution is -2.29. The number of hydrogen-bond donors (Lipinski definition) is 1. The van der Waals surface area contributed by atoms with E-state index < -0.39 is 0 Å². The van der Waals surface area contributed by atoms with Gasteiger partial charge in [0.15, 0.2) is 0 Å². The molecule has 0 unspecified atom stereocenters. The van der Waals surface area contributed by atoms with Gasteiger partial charge in [-0.15, -0.1) is 0 Å². The van der Waals surface area contributed by atoms with Gasteiger partial charge in [-0.1, -0.05) is 51.8 Å². The van der Waals surface area contributed by atoms with Gasteiger partial charge in [0.1, 0.15) is 5.82 Å². The Morgan fingerprint density at radius 2 is 1.96 bits per heavy atom. The summed E-state index contributed by atoms with van der Waals surface area (Å²) < 4.78 is 0.990. The summed E-state index contributed by atoms with van der Waals surface area (Å²) >= 11 is 10.1. The molecule has 6 heteroatoms. The van der Waals surface area contributed by atoms with Gasteiger partial charge in [0.2, 0.25) is 5.95 Å². The van der Waals surface area contributed by atoms with E-state index in [1.165, 1.54) is 0 Å². The average molecular weight is 442 g/mol. The van der Waals surface area contributed by atoms with Gasteiger partial charge >= 0.3 is 0 Å². The molecule has 3 aromatic rings. The molecule has 4 nitrogen and oxygen atoms in total. The number of benzene rings is 2. The van der Waals surface area contributed by atoms with Crippen molar-refractivity contribution in [3.05, 3.63) is 75.4 Å². The Balaban J connectivity index is 1.73. The van der Waals surface area contributed by atoms with Crippen LogP contribution in [0.5, 0.6) is 0 Å². The molecule has 0 radical (unpaired) electrons. The van der Waals surface area contributed by atoms with Crippen LogP contribution in [0.25, 0.3) is 11.6 Å². The first kappa shape index (κ1) is 18.0. The zero-order valence-electron chi connectivity index (χ0n) is 14.8. The first-order valence-corrected chi connectivity index (χ1v) is 9.92. The van der Waals surface area contributed by atoms with Gasteiger partial charge in [-0.25, -0.2) is 4.98 Å². The molecule has 0 spiro atoms. The van der Waals surface area contributed by atoms with Crippen LogP contribution < -0.4 is 10.2 Å². The molecule has 0 fully saturated rings. The number of anilines is 3. The number of aromatic nitrogens is 2. The molecule has 0 saturated carbocycles. The van der Waals surface area contributed by atoms with E-state index in [9.17, 15) is 0 Å². The molecule has 2 aromatic carbocycles. The minimum Gasteiger partial charge on any atom is -0.352 e. The van der Waals surface area contributed by atoms with Crippen molar-refractivity contribution in [3.63, 3.8) is 0 Å². The summed E-state index contributed by atoms with van der Waals surface area (Å²) in [6.07, 6.45) is 3.99. The molecule has 0 bridgehead atoms. The van der Waals surface area contributed by atoms with Gasteiger partial charge in [0.05, 0.1) is 0 Å². The normalized spacial score (nSPS) is 13.1. The molecular weight excluding hydrogens is 424 g/mol. The number of rotatable bonds is 4. The molecule has 1 N–H and O–H groups in total. The first-order chi connectivity index (χ1) is 13.2.